The van der Waals surface area contributed by atoms with E-state index in [1.807, 2.05) is 37.5 Å². The maximum absolute atomic E-state index is 14.7. The van der Waals surface area contributed by atoms with E-state index in [9.17, 15) is 8.78 Å². The summed E-state index contributed by atoms with van der Waals surface area (Å²) < 4.78 is 31.1. The fourth-order valence-electron chi connectivity index (χ4n) is 3.39. The highest BCUT2D eigenvalue weighted by Gasteiger charge is 2.39. The van der Waals surface area contributed by atoms with Crippen LogP contribution in [-0.2, 0) is 18.9 Å². The molecule has 0 saturated heterocycles. The van der Waals surface area contributed by atoms with Crippen molar-refractivity contribution in [2.45, 2.75) is 32.7 Å². The molecule has 3 aromatic rings. The Hall–Kier alpha value is -3.51. The number of hydrogen-bond acceptors (Lipinski definition) is 5. The zero-order chi connectivity index (χ0) is 21.2. The van der Waals surface area contributed by atoms with E-state index in [2.05, 4.69) is 16.3 Å². The van der Waals surface area contributed by atoms with E-state index in [0.29, 0.717) is 12.1 Å². The minimum Gasteiger partial charge on any atom is -0.321 e. The molecule has 0 aliphatic heterocycles. The third-order valence-electron chi connectivity index (χ3n) is 4.95. The molecule has 0 saturated carbocycles. The Bertz CT molecular complexity index is 1130. The quantitative estimate of drug-likeness (QED) is 0.265. The molecule has 0 unspecified atom stereocenters. The molecule has 9 heteroatoms. The molecule has 3 rings (SSSR count). The van der Waals surface area contributed by atoms with Gasteiger partial charge in [0.25, 0.3) is 0 Å². The first-order chi connectivity index (χ1) is 13.8. The third kappa shape index (κ3) is 3.62. The van der Waals surface area contributed by atoms with Crippen molar-refractivity contribution in [3.05, 3.63) is 64.3 Å². The van der Waals surface area contributed by atoms with E-state index in [0.717, 1.165) is 27.8 Å². The number of amidine groups is 1. The van der Waals surface area contributed by atoms with E-state index in [1.54, 1.807) is 10.7 Å². The first kappa shape index (κ1) is 20.2. The lowest BCUT2D eigenvalue weighted by Crippen LogP contribution is -2.43. The van der Waals surface area contributed by atoms with Gasteiger partial charge in [-0.3, -0.25) is 4.68 Å². The van der Waals surface area contributed by atoms with E-state index in [1.165, 1.54) is 12.1 Å². The van der Waals surface area contributed by atoms with Crippen molar-refractivity contribution in [1.29, 1.82) is 5.26 Å². The highest BCUT2D eigenvalue weighted by Crippen LogP contribution is 2.32. The number of aromatic nitrogens is 2. The maximum Gasteiger partial charge on any atom is 0.332 e. The molecule has 0 bridgehead atoms. The number of nitrogens with zero attached hydrogens (tertiary/aromatic N) is 4. The zero-order valence-electron chi connectivity index (χ0n) is 16.1. The van der Waals surface area contributed by atoms with Crippen molar-refractivity contribution >= 4 is 16.7 Å². The largest absolute Gasteiger partial charge is 0.332 e. The van der Waals surface area contributed by atoms with Gasteiger partial charge in [-0.15, -0.1) is 0 Å². The average Bonchev–Trinajstić information content (AvgIpc) is 3.00. The topological polar surface area (TPSA) is 118 Å². The highest BCUT2D eigenvalue weighted by atomic mass is 19.3. The van der Waals surface area contributed by atoms with Crippen LogP contribution in [0.5, 0.6) is 0 Å². The number of hydrazine groups is 1. The van der Waals surface area contributed by atoms with Crippen molar-refractivity contribution in [1.82, 2.24) is 15.2 Å². The summed E-state index contributed by atoms with van der Waals surface area (Å²) in [6, 6.07) is 12.2. The molecule has 5 N–H and O–H groups in total. The molecule has 1 aromatic heterocycles. The van der Waals surface area contributed by atoms with Gasteiger partial charge in [-0.2, -0.15) is 24.2 Å². The number of hydrogen-bond donors (Lipinski definition) is 3. The number of nitriles is 1. The fourth-order valence-corrected chi connectivity index (χ4v) is 3.39. The van der Waals surface area contributed by atoms with Crippen molar-refractivity contribution < 1.29 is 8.78 Å². The highest BCUT2D eigenvalue weighted by molar-refractivity contribution is 5.91. The van der Waals surface area contributed by atoms with Crippen LogP contribution < -0.4 is 17.1 Å². The van der Waals surface area contributed by atoms with E-state index in [4.69, 9.17) is 16.9 Å². The third-order valence-corrected chi connectivity index (χ3v) is 4.95. The number of fused-ring (bicyclic) bond motifs is 1. The Morgan fingerprint density at radius 1 is 1.31 bits per heavy atom. The smallest absolute Gasteiger partial charge is 0.321 e. The molecule has 2 aromatic carbocycles. The first-order valence-electron chi connectivity index (χ1n) is 8.88. The molecule has 0 aliphatic rings. The summed E-state index contributed by atoms with van der Waals surface area (Å²) in [7, 11) is 0. The standard InChI is InChI=1S/C20H21F2N7/c1-12-4-3-5-14(8-9-23)17(12)11-29-18-10-15(6-7-16(18)13(2)28-29)20(21,22)19(26-24)27-25/h3-7,10H,8,11,24-25H2,1-2H3,(H,26,27). The summed E-state index contributed by atoms with van der Waals surface area (Å²) in [4.78, 5) is 0. The van der Waals surface area contributed by atoms with Crippen LogP contribution in [0.15, 0.2) is 41.5 Å². The van der Waals surface area contributed by atoms with Gasteiger partial charge >= 0.3 is 5.92 Å². The monoisotopic (exact) mass is 397 g/mol. The van der Waals surface area contributed by atoms with Crippen LogP contribution >= 0.6 is 0 Å². The van der Waals surface area contributed by atoms with Gasteiger partial charge in [0.15, 0.2) is 0 Å². The molecule has 0 radical (unpaired) electrons. The predicted octanol–water partition coefficient (Wildman–Crippen LogP) is 2.59. The summed E-state index contributed by atoms with van der Waals surface area (Å²) in [6.07, 6.45) is 0.261. The van der Waals surface area contributed by atoms with E-state index >= 15 is 0 Å². The van der Waals surface area contributed by atoms with Crippen molar-refractivity contribution in [2.75, 3.05) is 0 Å². The van der Waals surface area contributed by atoms with Crippen LogP contribution in [0.4, 0.5) is 8.78 Å². The minimum absolute atomic E-state index is 0.261. The van der Waals surface area contributed by atoms with E-state index < -0.39 is 11.8 Å². The number of hydrazone groups is 1. The normalized spacial score (nSPS) is 12.2. The van der Waals surface area contributed by atoms with Crippen LogP contribution in [0.1, 0.15) is 27.9 Å². The summed E-state index contributed by atoms with van der Waals surface area (Å²) >= 11 is 0. The fraction of sp³-hybridized carbons (Fsp3) is 0.250. The summed E-state index contributed by atoms with van der Waals surface area (Å²) in [5, 5.41) is 17.4. The molecule has 29 heavy (non-hydrogen) atoms. The molecule has 0 fully saturated rings. The van der Waals surface area contributed by atoms with Gasteiger partial charge < -0.3 is 11.3 Å². The number of nitrogens with two attached hydrogens (primary N) is 2. The van der Waals surface area contributed by atoms with Crippen LogP contribution in [0.25, 0.3) is 10.9 Å². The minimum atomic E-state index is -3.49. The SMILES string of the molecule is Cc1cccc(CC#N)c1Cn1nc(C)c2ccc(C(F)(F)/C(=N/N)NN)cc21. The summed E-state index contributed by atoms with van der Waals surface area (Å²) in [5.41, 5.74) is 5.64. The second-order valence-corrected chi connectivity index (χ2v) is 6.72. The zero-order valence-corrected chi connectivity index (χ0v) is 16.1. The Morgan fingerprint density at radius 2 is 2.07 bits per heavy atom. The van der Waals surface area contributed by atoms with Crippen LogP contribution in [0.3, 0.4) is 0 Å². The number of alkyl halides is 2. The summed E-state index contributed by atoms with van der Waals surface area (Å²) in [6.45, 7) is 4.13. The number of halogens is 2. The average molecular weight is 397 g/mol. The number of rotatable bonds is 5. The number of benzene rings is 2. The van der Waals surface area contributed by atoms with Gasteiger partial charge in [0.2, 0.25) is 5.84 Å². The van der Waals surface area contributed by atoms with Crippen LogP contribution in [-0.4, -0.2) is 15.6 Å². The van der Waals surface area contributed by atoms with E-state index in [-0.39, 0.29) is 12.0 Å². The molecule has 0 atom stereocenters. The van der Waals surface area contributed by atoms with Gasteiger partial charge in [0.05, 0.1) is 30.2 Å². The second-order valence-electron chi connectivity index (χ2n) is 6.72. The molecule has 0 amide bonds. The molecular formula is C20H21F2N7. The van der Waals surface area contributed by atoms with Crippen molar-refractivity contribution in [3.8, 4) is 6.07 Å². The summed E-state index contributed by atoms with van der Waals surface area (Å²) in [5.74, 6) is 5.84. The van der Waals surface area contributed by atoms with Gasteiger partial charge in [-0.1, -0.05) is 30.3 Å². The predicted molar refractivity (Wildman–Crippen MR) is 107 cm³/mol. The van der Waals surface area contributed by atoms with Crippen LogP contribution in [0.2, 0.25) is 0 Å². The number of nitrogens with one attached hydrogen (secondary N) is 1. The van der Waals surface area contributed by atoms with Gasteiger partial charge in [-0.25, -0.2) is 5.84 Å². The second kappa shape index (κ2) is 7.85. The first-order valence-corrected chi connectivity index (χ1v) is 8.88. The van der Waals surface area contributed by atoms with Crippen LogP contribution in [0, 0.1) is 25.2 Å². The lowest BCUT2D eigenvalue weighted by atomic mass is 10.00. The molecule has 1 heterocycles. The lowest BCUT2D eigenvalue weighted by Gasteiger charge is -2.18. The molecule has 0 aliphatic carbocycles. The molecule has 0 spiro atoms. The Kier molecular flexibility index (Phi) is 5.48. The number of aryl methyl sites for hydroxylation is 2. The molecule has 150 valence electrons. The Balaban J connectivity index is 2.13. The van der Waals surface area contributed by atoms with Gasteiger partial charge in [-0.05, 0) is 36.6 Å². The lowest BCUT2D eigenvalue weighted by molar-refractivity contribution is 0.0714. The Labute approximate surface area is 166 Å². The molecular weight excluding hydrogens is 376 g/mol. The van der Waals surface area contributed by atoms with Gasteiger partial charge in [0.1, 0.15) is 0 Å². The molecule has 7 nitrogen and oxygen atoms in total. The van der Waals surface area contributed by atoms with Crippen molar-refractivity contribution in [3.63, 3.8) is 0 Å². The van der Waals surface area contributed by atoms with Crippen molar-refractivity contribution in [2.24, 2.45) is 16.8 Å². The van der Waals surface area contributed by atoms with Gasteiger partial charge in [0, 0.05) is 10.9 Å². The Morgan fingerprint density at radius 3 is 2.72 bits per heavy atom. The maximum atomic E-state index is 14.7.